The summed E-state index contributed by atoms with van der Waals surface area (Å²) in [6.45, 7) is 0. The molecule has 0 bridgehead atoms. The van der Waals surface area contributed by atoms with Gasteiger partial charge in [0.2, 0.25) is 23.9 Å². The number of ether oxygens (including phenoxy) is 1. The van der Waals surface area contributed by atoms with Crippen molar-refractivity contribution in [3.63, 3.8) is 0 Å². The molecule has 0 fully saturated rings. The van der Waals surface area contributed by atoms with Crippen molar-refractivity contribution in [3.05, 3.63) is 23.8 Å². The van der Waals surface area contributed by atoms with E-state index in [0.717, 1.165) is 0 Å². The van der Waals surface area contributed by atoms with Crippen LogP contribution in [0.5, 0.6) is 0 Å². The third kappa shape index (κ3) is 5.65. The molecule has 0 amide bonds. The quantitative estimate of drug-likeness (QED) is 0.440. The van der Waals surface area contributed by atoms with Crippen LogP contribution in [-0.2, 0) is 4.74 Å². The third-order valence-corrected chi connectivity index (χ3v) is 2.44. The number of hydrogen-bond donors (Lipinski definition) is 0. The van der Waals surface area contributed by atoms with Crippen molar-refractivity contribution in [3.8, 4) is 0 Å². The molecular weight excluding hydrogens is 440 g/mol. The zero-order chi connectivity index (χ0) is 22.2. The normalized spacial score (nSPS) is 16.0. The lowest BCUT2D eigenvalue weighted by atomic mass is 10.1. The van der Waals surface area contributed by atoms with E-state index in [-0.39, 0.29) is 0 Å². The van der Waals surface area contributed by atoms with Crippen LogP contribution in [0.1, 0.15) is 0 Å². The summed E-state index contributed by atoms with van der Waals surface area (Å²) in [6, 6.07) is 0. The lowest BCUT2D eigenvalue weighted by molar-refractivity contribution is -0.351. The zero-order valence-corrected chi connectivity index (χ0v) is 11.6. The Bertz CT molecular complexity index is 535. The van der Waals surface area contributed by atoms with Gasteiger partial charge in [-0.2, -0.15) is 70.2 Å². The van der Waals surface area contributed by atoms with Gasteiger partial charge in [-0.3, -0.25) is 0 Å². The minimum Gasteiger partial charge on any atom is -0.344 e. The van der Waals surface area contributed by atoms with Gasteiger partial charge in [-0.15, -0.1) is 0 Å². The van der Waals surface area contributed by atoms with Crippen LogP contribution in [0.2, 0.25) is 0 Å². The van der Waals surface area contributed by atoms with Crippen molar-refractivity contribution in [2.24, 2.45) is 0 Å². The van der Waals surface area contributed by atoms with Gasteiger partial charge in [-0.25, -0.2) is 0 Å². The Labute approximate surface area is 136 Å². The summed E-state index contributed by atoms with van der Waals surface area (Å²) in [6.07, 6.45) is -33.6. The standard InChI is InChI=1S/C10H2F16O/c11-1(3(13)14)7(17,18)5(9(21,22)23)27-6(10(24,25)26)8(19,20)2(12)4(15)16/h5-6H. The van der Waals surface area contributed by atoms with Crippen LogP contribution in [0.25, 0.3) is 0 Å². The number of alkyl halides is 10. The Morgan fingerprint density at radius 2 is 0.704 bits per heavy atom. The molecule has 0 spiro atoms. The molecule has 0 aromatic rings. The van der Waals surface area contributed by atoms with Crippen molar-refractivity contribution >= 4 is 0 Å². The van der Waals surface area contributed by atoms with Crippen LogP contribution in [0.3, 0.4) is 0 Å². The van der Waals surface area contributed by atoms with Gasteiger partial charge in [-0.05, 0) is 0 Å². The first-order chi connectivity index (χ1) is 11.7. The van der Waals surface area contributed by atoms with E-state index < -0.39 is 60.2 Å². The van der Waals surface area contributed by atoms with E-state index in [2.05, 4.69) is 4.74 Å². The van der Waals surface area contributed by atoms with E-state index in [0.29, 0.717) is 0 Å². The molecule has 2 atom stereocenters. The molecule has 27 heavy (non-hydrogen) atoms. The first-order valence-corrected chi connectivity index (χ1v) is 5.65. The molecule has 0 radical (unpaired) electrons. The topological polar surface area (TPSA) is 9.23 Å². The van der Waals surface area contributed by atoms with Crippen LogP contribution >= 0.6 is 0 Å². The summed E-state index contributed by atoms with van der Waals surface area (Å²) in [5.74, 6) is -22.0. The molecular formula is C10H2F16O. The third-order valence-electron chi connectivity index (χ3n) is 2.44. The van der Waals surface area contributed by atoms with Gasteiger partial charge in [0.25, 0.3) is 0 Å². The fourth-order valence-electron chi connectivity index (χ4n) is 1.35. The van der Waals surface area contributed by atoms with E-state index >= 15 is 0 Å². The van der Waals surface area contributed by atoms with Gasteiger partial charge in [0.1, 0.15) is 0 Å². The first kappa shape index (κ1) is 25.3. The molecule has 0 aliphatic rings. The number of hydrogen-bond acceptors (Lipinski definition) is 1. The highest BCUT2D eigenvalue weighted by Gasteiger charge is 2.68. The molecule has 160 valence electrons. The first-order valence-electron chi connectivity index (χ1n) is 5.65. The van der Waals surface area contributed by atoms with Gasteiger partial charge in [0.05, 0.1) is 0 Å². The molecule has 0 rings (SSSR count). The highest BCUT2D eigenvalue weighted by Crippen LogP contribution is 2.47. The largest absolute Gasteiger partial charge is 0.421 e. The predicted molar refractivity (Wildman–Crippen MR) is 51.4 cm³/mol. The monoisotopic (exact) mass is 442 g/mol. The van der Waals surface area contributed by atoms with E-state index in [1.54, 1.807) is 0 Å². The smallest absolute Gasteiger partial charge is 0.344 e. The van der Waals surface area contributed by atoms with Crippen molar-refractivity contribution < 1.29 is 75.0 Å². The second-order valence-electron chi connectivity index (χ2n) is 4.37. The molecule has 0 aliphatic carbocycles. The van der Waals surface area contributed by atoms with Crippen LogP contribution in [-0.4, -0.2) is 36.4 Å². The van der Waals surface area contributed by atoms with Crippen molar-refractivity contribution in [1.29, 1.82) is 0 Å². The molecule has 0 N–H and O–H groups in total. The molecule has 0 heterocycles. The molecule has 0 saturated heterocycles. The minimum absolute atomic E-state index is 2.29. The average molecular weight is 442 g/mol. The molecule has 2 unspecified atom stereocenters. The maximum Gasteiger partial charge on any atom is 0.421 e. The predicted octanol–water partition coefficient (Wildman–Crippen LogP) is 6.29. The van der Waals surface area contributed by atoms with Gasteiger partial charge < -0.3 is 4.74 Å². The summed E-state index contributed by atoms with van der Waals surface area (Å²) < 4.78 is 201. The Morgan fingerprint density at radius 1 is 0.481 bits per heavy atom. The van der Waals surface area contributed by atoms with Crippen LogP contribution < -0.4 is 0 Å². The van der Waals surface area contributed by atoms with Crippen LogP contribution in [0, 0.1) is 0 Å². The number of rotatable bonds is 6. The van der Waals surface area contributed by atoms with E-state index in [1.165, 1.54) is 0 Å². The highest BCUT2D eigenvalue weighted by molar-refractivity contribution is 5.13. The maximum atomic E-state index is 13.1. The van der Waals surface area contributed by atoms with Crippen molar-refractivity contribution in [2.45, 2.75) is 36.4 Å². The average Bonchev–Trinajstić information content (AvgIpc) is 2.41. The Hall–Kier alpha value is -1.68. The summed E-state index contributed by atoms with van der Waals surface area (Å²) in [5, 5.41) is 0. The lowest BCUT2D eigenvalue weighted by Gasteiger charge is -2.34. The van der Waals surface area contributed by atoms with Gasteiger partial charge in [-0.1, -0.05) is 0 Å². The fraction of sp³-hybridized carbons (Fsp3) is 0.600. The Morgan fingerprint density at radius 3 is 0.852 bits per heavy atom. The summed E-state index contributed by atoms with van der Waals surface area (Å²) in [7, 11) is 0. The molecule has 0 aromatic heterocycles. The van der Waals surface area contributed by atoms with Crippen LogP contribution in [0.15, 0.2) is 23.8 Å². The number of halogens is 16. The van der Waals surface area contributed by atoms with Crippen LogP contribution in [0.4, 0.5) is 70.2 Å². The summed E-state index contributed by atoms with van der Waals surface area (Å²) >= 11 is 0. The summed E-state index contributed by atoms with van der Waals surface area (Å²) in [4.78, 5) is 0. The molecule has 0 aliphatic heterocycles. The second-order valence-corrected chi connectivity index (χ2v) is 4.37. The molecule has 0 aromatic carbocycles. The zero-order valence-electron chi connectivity index (χ0n) is 11.6. The Balaban J connectivity index is 6.48. The Kier molecular flexibility index (Phi) is 7.26. The van der Waals surface area contributed by atoms with Gasteiger partial charge >= 0.3 is 36.4 Å². The SMILES string of the molecule is FC(F)=C(F)C(F)(F)C(OC(C(F)(F)F)C(F)(F)C(F)=C(F)F)C(F)(F)F. The van der Waals surface area contributed by atoms with Crippen molar-refractivity contribution in [1.82, 2.24) is 0 Å². The fourth-order valence-corrected chi connectivity index (χ4v) is 1.35. The highest BCUT2D eigenvalue weighted by atomic mass is 19.4. The molecule has 0 saturated carbocycles. The van der Waals surface area contributed by atoms with Crippen molar-refractivity contribution in [2.75, 3.05) is 0 Å². The summed E-state index contributed by atoms with van der Waals surface area (Å²) in [5.41, 5.74) is 0. The second kappa shape index (κ2) is 7.75. The van der Waals surface area contributed by atoms with E-state index in [9.17, 15) is 70.2 Å². The van der Waals surface area contributed by atoms with Gasteiger partial charge in [0, 0.05) is 0 Å². The maximum absolute atomic E-state index is 13.1. The minimum atomic E-state index is -6.93. The molecule has 1 nitrogen and oxygen atoms in total. The lowest BCUT2D eigenvalue weighted by Crippen LogP contribution is -2.56. The van der Waals surface area contributed by atoms with E-state index in [1.807, 2.05) is 0 Å². The molecule has 17 heteroatoms. The van der Waals surface area contributed by atoms with Gasteiger partial charge in [0.15, 0.2) is 0 Å². The van der Waals surface area contributed by atoms with E-state index in [4.69, 9.17) is 0 Å².